The zero-order chi connectivity index (χ0) is 19.2. The number of carbonyl (C=O) groups excluding carboxylic acids is 2. The lowest BCUT2D eigenvalue weighted by molar-refractivity contribution is -0.117. The van der Waals surface area contributed by atoms with E-state index < -0.39 is 6.04 Å². The fourth-order valence-corrected chi connectivity index (χ4v) is 2.44. The Bertz CT molecular complexity index is 900. The molecule has 3 aromatic rings. The van der Waals surface area contributed by atoms with Crippen LogP contribution in [0.1, 0.15) is 29.7 Å². The number of amides is 2. The topological polar surface area (TPSA) is 109 Å². The van der Waals surface area contributed by atoms with Crippen molar-refractivity contribution in [1.82, 2.24) is 5.16 Å². The maximum Gasteiger partial charge on any atom is 0.291 e. The quantitative estimate of drug-likeness (QED) is 0.587. The molecule has 0 aliphatic carbocycles. The second-order valence-electron chi connectivity index (χ2n) is 5.93. The molecule has 1 aromatic carbocycles. The first kappa shape index (κ1) is 18.2. The van der Waals surface area contributed by atoms with Gasteiger partial charge in [-0.15, -0.1) is 0 Å². The van der Waals surface area contributed by atoms with E-state index in [9.17, 15) is 9.59 Å². The third-order valence-electron chi connectivity index (χ3n) is 3.83. The molecule has 140 valence electrons. The number of anilines is 3. The summed E-state index contributed by atoms with van der Waals surface area (Å²) in [6.45, 7) is 3.66. The highest BCUT2D eigenvalue weighted by atomic mass is 16.5. The van der Waals surface area contributed by atoms with Gasteiger partial charge in [-0.2, -0.15) is 0 Å². The second kappa shape index (κ2) is 8.22. The molecule has 0 aliphatic heterocycles. The van der Waals surface area contributed by atoms with Gasteiger partial charge >= 0.3 is 0 Å². The van der Waals surface area contributed by atoms with Crippen LogP contribution in [0.2, 0.25) is 0 Å². The van der Waals surface area contributed by atoms with Crippen molar-refractivity contribution in [2.45, 2.75) is 26.3 Å². The van der Waals surface area contributed by atoms with E-state index >= 15 is 0 Å². The van der Waals surface area contributed by atoms with Crippen LogP contribution in [0, 0.1) is 6.92 Å². The van der Waals surface area contributed by atoms with E-state index in [0.29, 0.717) is 23.7 Å². The summed E-state index contributed by atoms with van der Waals surface area (Å²) < 4.78 is 10.00. The number of benzene rings is 1. The highest BCUT2D eigenvalue weighted by Crippen LogP contribution is 2.17. The number of nitrogens with zero attached hydrogens (tertiary/aromatic N) is 1. The summed E-state index contributed by atoms with van der Waals surface area (Å²) in [7, 11) is 0. The minimum atomic E-state index is -0.439. The molecule has 0 bridgehead atoms. The number of aryl methyl sites for hydroxylation is 1. The van der Waals surface area contributed by atoms with Gasteiger partial charge in [-0.05, 0) is 49.7 Å². The summed E-state index contributed by atoms with van der Waals surface area (Å²) in [5.74, 6) is 0.714. The van der Waals surface area contributed by atoms with E-state index in [4.69, 9.17) is 8.94 Å². The van der Waals surface area contributed by atoms with Crippen molar-refractivity contribution >= 4 is 29.0 Å². The number of furan rings is 1. The largest absolute Gasteiger partial charge is 0.459 e. The van der Waals surface area contributed by atoms with Gasteiger partial charge < -0.3 is 24.9 Å². The summed E-state index contributed by atoms with van der Waals surface area (Å²) in [5, 5.41) is 12.4. The van der Waals surface area contributed by atoms with Gasteiger partial charge in [0.05, 0.1) is 6.26 Å². The summed E-state index contributed by atoms with van der Waals surface area (Å²) in [6.07, 6.45) is 2.03. The molecular formula is C19H20N4O4. The van der Waals surface area contributed by atoms with Gasteiger partial charge in [0.2, 0.25) is 5.91 Å². The van der Waals surface area contributed by atoms with Gasteiger partial charge in [-0.1, -0.05) is 12.1 Å². The van der Waals surface area contributed by atoms with Crippen molar-refractivity contribution in [3.05, 3.63) is 60.2 Å². The Morgan fingerprint density at radius 1 is 1.11 bits per heavy atom. The molecule has 8 nitrogen and oxygen atoms in total. The minimum Gasteiger partial charge on any atom is -0.459 e. The maximum atomic E-state index is 12.4. The third-order valence-corrected chi connectivity index (χ3v) is 3.83. The predicted molar refractivity (Wildman–Crippen MR) is 101 cm³/mol. The van der Waals surface area contributed by atoms with Crippen LogP contribution < -0.4 is 16.0 Å². The van der Waals surface area contributed by atoms with Gasteiger partial charge in [-0.25, -0.2) is 0 Å². The summed E-state index contributed by atoms with van der Waals surface area (Å²) in [4.78, 5) is 24.3. The van der Waals surface area contributed by atoms with Gasteiger partial charge in [0.1, 0.15) is 11.8 Å². The molecule has 0 radical (unpaired) electrons. The monoisotopic (exact) mass is 368 g/mol. The van der Waals surface area contributed by atoms with Crippen molar-refractivity contribution in [3.8, 4) is 0 Å². The molecule has 0 aliphatic rings. The van der Waals surface area contributed by atoms with E-state index in [1.54, 1.807) is 49.4 Å². The summed E-state index contributed by atoms with van der Waals surface area (Å²) in [5.41, 5.74) is 1.38. The SMILES string of the molecule is CC[C@H](Nc1ccc(NC(=O)c2ccco2)cc1)C(=O)Nc1cc(C)on1. The van der Waals surface area contributed by atoms with Gasteiger partial charge in [0, 0.05) is 17.4 Å². The Kier molecular flexibility index (Phi) is 5.55. The molecule has 2 amide bonds. The number of hydrogen-bond acceptors (Lipinski definition) is 6. The first-order valence-corrected chi connectivity index (χ1v) is 8.51. The van der Waals surface area contributed by atoms with Crippen molar-refractivity contribution < 1.29 is 18.5 Å². The minimum absolute atomic E-state index is 0.207. The number of aromatic nitrogens is 1. The normalized spacial score (nSPS) is 11.6. The fourth-order valence-electron chi connectivity index (χ4n) is 2.44. The average molecular weight is 368 g/mol. The van der Waals surface area contributed by atoms with Crippen LogP contribution in [0.5, 0.6) is 0 Å². The van der Waals surface area contributed by atoms with Crippen LogP contribution in [-0.2, 0) is 4.79 Å². The van der Waals surface area contributed by atoms with Crippen molar-refractivity contribution in [3.63, 3.8) is 0 Å². The molecule has 2 heterocycles. The first-order valence-electron chi connectivity index (χ1n) is 8.51. The molecule has 3 rings (SSSR count). The predicted octanol–water partition coefficient (Wildman–Crippen LogP) is 3.66. The van der Waals surface area contributed by atoms with E-state index in [1.807, 2.05) is 6.92 Å². The summed E-state index contributed by atoms with van der Waals surface area (Å²) >= 11 is 0. The fraction of sp³-hybridized carbons (Fsp3) is 0.211. The number of rotatable bonds is 7. The third kappa shape index (κ3) is 4.75. The summed E-state index contributed by atoms with van der Waals surface area (Å²) in [6, 6.07) is 11.5. The van der Waals surface area contributed by atoms with E-state index in [1.165, 1.54) is 6.26 Å². The Balaban J connectivity index is 1.58. The van der Waals surface area contributed by atoms with Crippen LogP contribution in [-0.4, -0.2) is 23.0 Å². The van der Waals surface area contributed by atoms with Crippen LogP contribution in [0.4, 0.5) is 17.2 Å². The highest BCUT2D eigenvalue weighted by Gasteiger charge is 2.18. The van der Waals surface area contributed by atoms with Gasteiger partial charge in [-0.3, -0.25) is 9.59 Å². The Hall–Kier alpha value is -3.55. The molecule has 0 fully saturated rings. The van der Waals surface area contributed by atoms with Crippen LogP contribution in [0.3, 0.4) is 0 Å². The standard InChI is InChI=1S/C19H20N4O4/c1-3-15(18(24)22-17-11-12(2)27-23-17)20-13-6-8-14(9-7-13)21-19(25)16-5-4-10-26-16/h4-11,15,20H,3H2,1-2H3,(H,21,25)(H,22,23,24)/t15-/m0/s1. The smallest absolute Gasteiger partial charge is 0.291 e. The Morgan fingerprint density at radius 3 is 2.44 bits per heavy atom. The van der Waals surface area contributed by atoms with Crippen molar-refractivity contribution in [2.24, 2.45) is 0 Å². The molecule has 8 heteroatoms. The molecule has 3 N–H and O–H groups in total. The Morgan fingerprint density at radius 2 is 1.85 bits per heavy atom. The van der Waals surface area contributed by atoms with E-state index in [-0.39, 0.29) is 17.6 Å². The molecule has 0 saturated carbocycles. The van der Waals surface area contributed by atoms with E-state index in [2.05, 4.69) is 21.1 Å². The molecule has 0 saturated heterocycles. The lowest BCUT2D eigenvalue weighted by Crippen LogP contribution is -2.34. The Labute approximate surface area is 155 Å². The molecule has 1 atom stereocenters. The second-order valence-corrected chi connectivity index (χ2v) is 5.93. The van der Waals surface area contributed by atoms with Crippen molar-refractivity contribution in [2.75, 3.05) is 16.0 Å². The van der Waals surface area contributed by atoms with E-state index in [0.717, 1.165) is 5.69 Å². The molecule has 27 heavy (non-hydrogen) atoms. The molecule has 0 unspecified atom stereocenters. The van der Waals surface area contributed by atoms with Crippen molar-refractivity contribution in [1.29, 1.82) is 0 Å². The zero-order valence-electron chi connectivity index (χ0n) is 15.0. The number of hydrogen-bond donors (Lipinski definition) is 3. The zero-order valence-corrected chi connectivity index (χ0v) is 15.0. The average Bonchev–Trinajstić information content (AvgIpc) is 3.33. The van der Waals surface area contributed by atoms with Crippen LogP contribution in [0.25, 0.3) is 0 Å². The number of nitrogens with one attached hydrogen (secondary N) is 3. The van der Waals surface area contributed by atoms with Crippen LogP contribution >= 0.6 is 0 Å². The lowest BCUT2D eigenvalue weighted by Gasteiger charge is -2.17. The van der Waals surface area contributed by atoms with Gasteiger partial charge in [0.15, 0.2) is 11.6 Å². The van der Waals surface area contributed by atoms with Gasteiger partial charge in [0.25, 0.3) is 5.91 Å². The number of carbonyl (C=O) groups is 2. The van der Waals surface area contributed by atoms with Crippen LogP contribution in [0.15, 0.2) is 57.7 Å². The molecular weight excluding hydrogens is 348 g/mol. The maximum absolute atomic E-state index is 12.4. The first-order chi connectivity index (χ1) is 13.0. The highest BCUT2D eigenvalue weighted by molar-refractivity contribution is 6.02. The molecule has 0 spiro atoms. The lowest BCUT2D eigenvalue weighted by atomic mass is 10.2. The molecule has 2 aromatic heterocycles.